The maximum atomic E-state index is 5.43. The van der Waals surface area contributed by atoms with Crippen LogP contribution in [0.5, 0.6) is 0 Å². The van der Waals surface area contributed by atoms with Gasteiger partial charge in [0.05, 0.1) is 5.70 Å². The SMILES string of the molecule is C1=CCC2SC3=C(NC(c4ccccc4)=NC3C3=CCC(c4ccc5c(c4)C4=CC6c7ccccc7C7(CCCCC7)C6C=C4C54CCCCC4)C=C3)C2=C1. The Balaban J connectivity index is 0.899. The number of benzene rings is 3. The van der Waals surface area contributed by atoms with Gasteiger partial charge in [0.15, 0.2) is 0 Å². The molecule has 0 saturated heterocycles. The average Bonchev–Trinajstić information content (AvgIpc) is 3.85. The summed E-state index contributed by atoms with van der Waals surface area (Å²) in [5.41, 5.74) is 17.0. The van der Waals surface area contributed by atoms with Gasteiger partial charge < -0.3 is 5.32 Å². The van der Waals surface area contributed by atoms with Gasteiger partial charge in [-0.2, -0.15) is 0 Å². The van der Waals surface area contributed by atoms with Gasteiger partial charge in [-0.3, -0.25) is 4.99 Å². The van der Waals surface area contributed by atoms with E-state index in [0.29, 0.717) is 28.4 Å². The van der Waals surface area contributed by atoms with Gasteiger partial charge in [-0.1, -0.05) is 160 Å². The summed E-state index contributed by atoms with van der Waals surface area (Å²) in [5.74, 6) is 2.46. The number of rotatable bonds is 3. The van der Waals surface area contributed by atoms with E-state index in [1.807, 2.05) is 11.8 Å². The van der Waals surface area contributed by atoms with E-state index in [9.17, 15) is 0 Å². The molecule has 0 radical (unpaired) electrons. The van der Waals surface area contributed by atoms with Crippen LogP contribution in [0.15, 0.2) is 154 Å². The van der Waals surface area contributed by atoms with Crippen molar-refractivity contribution in [2.45, 2.75) is 111 Å². The molecule has 274 valence electrons. The fourth-order valence-corrected chi connectivity index (χ4v) is 14.2. The van der Waals surface area contributed by atoms with Crippen molar-refractivity contribution in [3.63, 3.8) is 0 Å². The highest BCUT2D eigenvalue weighted by atomic mass is 32.2. The predicted octanol–water partition coefficient (Wildman–Crippen LogP) is 12.4. The number of aliphatic imine (C=N–C) groups is 1. The first kappa shape index (κ1) is 32.9. The van der Waals surface area contributed by atoms with Crippen LogP contribution in [-0.4, -0.2) is 17.1 Å². The molecule has 2 nitrogen and oxygen atoms in total. The Kier molecular flexibility index (Phi) is 7.52. The fraction of sp³-hybridized carbons (Fsp3) is 0.365. The average molecular weight is 735 g/mol. The molecular weight excluding hydrogens is 685 g/mol. The van der Waals surface area contributed by atoms with Crippen LogP contribution in [0.3, 0.4) is 0 Å². The number of amidine groups is 1. The zero-order valence-electron chi connectivity index (χ0n) is 31.8. The Morgan fingerprint density at radius 2 is 1.60 bits per heavy atom. The Morgan fingerprint density at radius 1 is 0.782 bits per heavy atom. The number of allylic oxidation sites excluding steroid dienone is 10. The lowest BCUT2D eigenvalue weighted by molar-refractivity contribution is 0.231. The molecule has 0 bridgehead atoms. The first-order valence-corrected chi connectivity index (χ1v) is 22.3. The van der Waals surface area contributed by atoms with E-state index in [-0.39, 0.29) is 11.5 Å². The van der Waals surface area contributed by atoms with Crippen molar-refractivity contribution in [1.82, 2.24) is 5.32 Å². The smallest absolute Gasteiger partial charge is 0.133 e. The minimum atomic E-state index is 0.0288. The van der Waals surface area contributed by atoms with Gasteiger partial charge in [0.25, 0.3) is 0 Å². The molecule has 1 N–H and O–H groups in total. The zero-order chi connectivity index (χ0) is 36.1. The fourth-order valence-electron chi connectivity index (χ4n) is 12.7. The van der Waals surface area contributed by atoms with E-state index in [1.165, 1.54) is 91.5 Å². The Bertz CT molecular complexity index is 2370. The summed E-state index contributed by atoms with van der Waals surface area (Å²) < 4.78 is 0. The first-order valence-electron chi connectivity index (χ1n) is 21.5. The molecular formula is C52H50N2S. The quantitative estimate of drug-likeness (QED) is 0.290. The van der Waals surface area contributed by atoms with Crippen LogP contribution in [0.1, 0.15) is 122 Å². The van der Waals surface area contributed by atoms with Crippen molar-refractivity contribution in [2.24, 2.45) is 10.9 Å². The third-order valence-electron chi connectivity index (χ3n) is 15.3. The molecule has 12 rings (SSSR count). The van der Waals surface area contributed by atoms with Crippen LogP contribution in [0.2, 0.25) is 0 Å². The number of nitrogens with zero attached hydrogens (tertiary/aromatic N) is 1. The molecule has 2 fully saturated rings. The highest BCUT2D eigenvalue weighted by Crippen LogP contribution is 2.66. The Hall–Kier alpha value is -4.34. The molecule has 0 amide bonds. The Morgan fingerprint density at radius 3 is 2.44 bits per heavy atom. The molecule has 2 heterocycles. The first-order chi connectivity index (χ1) is 27.2. The Labute approximate surface area is 331 Å². The van der Waals surface area contributed by atoms with Crippen molar-refractivity contribution in [1.29, 1.82) is 0 Å². The van der Waals surface area contributed by atoms with Crippen LogP contribution in [-0.2, 0) is 10.8 Å². The van der Waals surface area contributed by atoms with Crippen molar-refractivity contribution in [3.8, 4) is 0 Å². The maximum absolute atomic E-state index is 5.43. The second-order valence-corrected chi connectivity index (χ2v) is 19.1. The molecule has 55 heavy (non-hydrogen) atoms. The molecule has 3 aromatic carbocycles. The number of thioether (sulfide) groups is 1. The molecule has 2 spiro atoms. The summed E-state index contributed by atoms with van der Waals surface area (Å²) in [6, 6.07) is 28.0. The van der Waals surface area contributed by atoms with Crippen LogP contribution < -0.4 is 5.32 Å². The van der Waals surface area contributed by atoms with Gasteiger partial charge >= 0.3 is 0 Å². The van der Waals surface area contributed by atoms with Gasteiger partial charge in [-0.15, -0.1) is 11.8 Å². The normalized spacial score (nSPS) is 30.2. The highest BCUT2D eigenvalue weighted by Gasteiger charge is 2.55. The number of nitrogens with one attached hydrogen (secondary N) is 1. The van der Waals surface area contributed by atoms with E-state index in [2.05, 4.69) is 127 Å². The number of fused-ring (bicyclic) bond motifs is 12. The van der Waals surface area contributed by atoms with Crippen LogP contribution >= 0.6 is 11.8 Å². The standard InChI is InChI=1S/C52H50N2S/c1-4-14-35(15-5-1)50-53-47(49-48(54-50)38-17-7-9-19-46(38)55-49)34-22-20-33(21-23-34)36-24-25-43-39(30-36)41-31-40-37-16-6-8-18-42(37)51(26-10-2-11-27-51)44(40)32-45(41)52(43)28-12-3-13-29-52/h1,4-9,14-18,20,22-25,30-33,40,44,46-47H,2-3,10-13,19,21,26-29H2,(H,53,54). The predicted molar refractivity (Wildman–Crippen MR) is 229 cm³/mol. The third-order valence-corrected chi connectivity index (χ3v) is 16.7. The largest absolute Gasteiger partial charge is 0.339 e. The molecule has 2 saturated carbocycles. The summed E-state index contributed by atoms with van der Waals surface area (Å²) in [7, 11) is 0. The molecule has 5 atom stereocenters. The molecule has 0 aromatic heterocycles. The topological polar surface area (TPSA) is 24.4 Å². The third kappa shape index (κ3) is 4.84. The lowest BCUT2D eigenvalue weighted by atomic mass is 9.60. The summed E-state index contributed by atoms with van der Waals surface area (Å²) in [6.45, 7) is 0. The van der Waals surface area contributed by atoms with Crippen molar-refractivity contribution in [2.75, 3.05) is 0 Å². The summed E-state index contributed by atoms with van der Waals surface area (Å²) in [4.78, 5) is 6.82. The van der Waals surface area contributed by atoms with Gasteiger partial charge in [-0.25, -0.2) is 0 Å². The van der Waals surface area contributed by atoms with Crippen LogP contribution in [0, 0.1) is 5.92 Å². The minimum Gasteiger partial charge on any atom is -0.339 e. The van der Waals surface area contributed by atoms with E-state index in [1.54, 1.807) is 33.4 Å². The minimum absolute atomic E-state index is 0.0288. The van der Waals surface area contributed by atoms with Gasteiger partial charge in [0, 0.05) is 38.4 Å². The molecule has 2 aliphatic heterocycles. The number of hydrogen-bond donors (Lipinski definition) is 1. The maximum Gasteiger partial charge on any atom is 0.133 e. The van der Waals surface area contributed by atoms with E-state index in [0.717, 1.165) is 24.2 Å². The number of hydrogen-bond acceptors (Lipinski definition) is 3. The molecule has 3 aromatic rings. The van der Waals surface area contributed by atoms with Crippen LogP contribution in [0.25, 0.3) is 5.57 Å². The van der Waals surface area contributed by atoms with Crippen molar-refractivity contribution < 1.29 is 0 Å². The summed E-state index contributed by atoms with van der Waals surface area (Å²) >= 11 is 2.02. The van der Waals surface area contributed by atoms with Crippen LogP contribution in [0.4, 0.5) is 0 Å². The lowest BCUT2D eigenvalue weighted by Gasteiger charge is -2.43. The second kappa shape index (κ2) is 12.6. The van der Waals surface area contributed by atoms with Gasteiger partial charge in [0.2, 0.25) is 0 Å². The monoisotopic (exact) mass is 734 g/mol. The molecule has 3 heteroatoms. The van der Waals surface area contributed by atoms with Crippen molar-refractivity contribution >= 4 is 23.2 Å². The zero-order valence-corrected chi connectivity index (χ0v) is 32.6. The molecule has 7 aliphatic carbocycles. The molecule has 9 aliphatic rings. The van der Waals surface area contributed by atoms with E-state index >= 15 is 0 Å². The van der Waals surface area contributed by atoms with Gasteiger partial charge in [0.1, 0.15) is 11.9 Å². The van der Waals surface area contributed by atoms with E-state index < -0.39 is 0 Å². The highest BCUT2D eigenvalue weighted by molar-refractivity contribution is 8.04. The second-order valence-electron chi connectivity index (χ2n) is 17.9. The van der Waals surface area contributed by atoms with Gasteiger partial charge in [-0.05, 0) is 94.6 Å². The van der Waals surface area contributed by atoms with E-state index in [4.69, 9.17) is 4.99 Å². The lowest BCUT2D eigenvalue weighted by Crippen LogP contribution is -2.36. The summed E-state index contributed by atoms with van der Waals surface area (Å²) in [6.07, 6.45) is 35.6. The molecule has 5 unspecified atom stereocenters. The summed E-state index contributed by atoms with van der Waals surface area (Å²) in [5, 5.41) is 4.26. The van der Waals surface area contributed by atoms with Crippen molar-refractivity contribution in [3.05, 3.63) is 182 Å².